The molecule has 9 rings (SSSR count). The Balaban J connectivity index is 0.00000129. The van der Waals surface area contributed by atoms with E-state index in [4.69, 9.17) is 18.4 Å². The largest absolute Gasteiger partial charge is 0.360 e. The zero-order chi connectivity index (χ0) is 36.4. The van der Waals surface area contributed by atoms with Crippen molar-refractivity contribution in [3.05, 3.63) is 175 Å². The molecule has 0 aliphatic heterocycles. The van der Waals surface area contributed by atoms with Crippen molar-refractivity contribution in [3.63, 3.8) is 0 Å². The molecule has 0 atom stereocenters. The monoisotopic (exact) mass is 733 g/mol. The molecule has 0 saturated carbocycles. The number of para-hydroxylation sites is 4. The molecule has 0 aliphatic rings. The molecular weight excluding hydrogens is 703 g/mol. The zero-order valence-electron chi connectivity index (χ0n) is 28.2. The van der Waals surface area contributed by atoms with Gasteiger partial charge in [-0.05, 0) is 60.7 Å². The summed E-state index contributed by atoms with van der Waals surface area (Å²) in [5.74, 6) is 0. The van der Waals surface area contributed by atoms with Crippen molar-refractivity contribution in [2.45, 2.75) is 18.0 Å². The first-order valence-corrected chi connectivity index (χ1v) is 18.9. The van der Waals surface area contributed by atoms with Crippen molar-refractivity contribution >= 4 is 70.9 Å². The van der Waals surface area contributed by atoms with Gasteiger partial charge in [0.05, 0.1) is 51.4 Å². The summed E-state index contributed by atoms with van der Waals surface area (Å²) in [6.45, 7) is 0.784. The van der Waals surface area contributed by atoms with Crippen LogP contribution in [0.15, 0.2) is 169 Å². The van der Waals surface area contributed by atoms with Crippen molar-refractivity contribution in [3.8, 4) is 5.69 Å². The normalized spacial score (nSPS) is 11.5. The van der Waals surface area contributed by atoms with E-state index in [1.54, 1.807) is 30.5 Å². The van der Waals surface area contributed by atoms with Crippen LogP contribution < -0.4 is 4.90 Å². The van der Waals surface area contributed by atoms with Gasteiger partial charge in [0.2, 0.25) is 0 Å². The fourth-order valence-electron chi connectivity index (χ4n) is 7.02. The van der Waals surface area contributed by atoms with Crippen LogP contribution in [0.5, 0.6) is 0 Å². The maximum Gasteiger partial charge on any atom is 0.335 e. The molecule has 260 valence electrons. The number of rotatable bonds is 8. The second kappa shape index (κ2) is 14.3. The molecule has 4 heterocycles. The minimum Gasteiger partial charge on any atom is -0.360 e. The first-order chi connectivity index (χ1) is 26.0. The average Bonchev–Trinajstić information content (AvgIpc) is 3.87. The molecule has 0 radical (unpaired) electrons. The van der Waals surface area contributed by atoms with E-state index in [0.717, 1.165) is 55.2 Å². The van der Waals surface area contributed by atoms with Crippen LogP contribution in [-0.2, 0) is 34.7 Å². The van der Waals surface area contributed by atoms with Gasteiger partial charge in [0.15, 0.2) is 0 Å². The summed E-state index contributed by atoms with van der Waals surface area (Å²) < 4.78 is 48.5. The van der Waals surface area contributed by atoms with Gasteiger partial charge in [0.25, 0.3) is 10.0 Å². The Morgan fingerprint density at radius 1 is 0.528 bits per heavy atom. The molecule has 5 aromatic carbocycles. The molecule has 0 bridgehead atoms. The van der Waals surface area contributed by atoms with E-state index in [9.17, 15) is 8.42 Å². The fourth-order valence-corrected chi connectivity index (χ4v) is 8.42. The summed E-state index contributed by atoms with van der Waals surface area (Å²) in [6.07, 6.45) is 3.76. The van der Waals surface area contributed by atoms with E-state index < -0.39 is 21.6 Å². The second-order valence-electron chi connectivity index (χ2n) is 12.4. The average molecular weight is 734 g/mol. The molecule has 0 spiro atoms. The number of hydrogen-bond donors (Lipinski definition) is 0. The minimum absolute atomic E-state index is 0.223. The van der Waals surface area contributed by atoms with Crippen LogP contribution in [0.2, 0.25) is 0 Å². The third-order valence-electron chi connectivity index (χ3n) is 9.32. The highest BCUT2D eigenvalue weighted by molar-refractivity contribution is 7.90. The van der Waals surface area contributed by atoms with E-state index in [1.165, 1.54) is 3.97 Å². The molecule has 0 aliphatic carbocycles. The summed E-state index contributed by atoms with van der Waals surface area (Å²) in [5, 5.41) is 3.95. The zero-order valence-corrected chi connectivity index (χ0v) is 29.8. The second-order valence-corrected chi connectivity index (χ2v) is 14.3. The van der Waals surface area contributed by atoms with Gasteiger partial charge >= 0.3 is 11.6 Å². The highest BCUT2D eigenvalue weighted by Gasteiger charge is 2.25. The Morgan fingerprint density at radius 2 is 1.00 bits per heavy atom. The molecule has 53 heavy (non-hydrogen) atoms. The van der Waals surface area contributed by atoms with Gasteiger partial charge in [-0.15, -0.1) is 0 Å². The first kappa shape index (κ1) is 33.7. The van der Waals surface area contributed by atoms with Gasteiger partial charge in [-0.3, -0.25) is 0 Å². The Labute approximate surface area is 309 Å². The standard InChI is InChI=1S/C42H31N5O2S.O2S/c48-50(49,32-18-8-3-9-19-32)47-27-25-36-34-21-11-13-23-38(34)44-40(42(36)47)29-45(30-14-4-1-5-15-30)28-39-41-35(33-20-10-12-22-37(33)43-39)24-26-46(41)31-16-6-2-7-17-31;1-3-2/h1-27H,28-29H2;. The minimum atomic E-state index is -3.91. The topological polar surface area (TPSA) is 107 Å². The van der Waals surface area contributed by atoms with Crippen LogP contribution in [-0.4, -0.2) is 35.3 Å². The maximum absolute atomic E-state index is 14.2. The summed E-state index contributed by atoms with van der Waals surface area (Å²) in [4.78, 5) is 12.9. The Hall–Kier alpha value is -6.43. The molecule has 0 amide bonds. The summed E-state index contributed by atoms with van der Waals surface area (Å²) >= 11 is -0.750. The van der Waals surface area contributed by atoms with Crippen molar-refractivity contribution in [2.24, 2.45) is 0 Å². The molecular formula is C42H31N5O4S2. The lowest BCUT2D eigenvalue weighted by Gasteiger charge is -2.26. The van der Waals surface area contributed by atoms with Gasteiger partial charge in [-0.1, -0.05) is 91.0 Å². The molecule has 0 saturated heterocycles. The molecule has 9 nitrogen and oxygen atoms in total. The fraction of sp³-hybridized carbons (Fsp3) is 0.0476. The van der Waals surface area contributed by atoms with Gasteiger partial charge in [0, 0.05) is 45.3 Å². The van der Waals surface area contributed by atoms with E-state index in [-0.39, 0.29) is 4.90 Å². The van der Waals surface area contributed by atoms with E-state index in [1.807, 2.05) is 78.9 Å². The summed E-state index contributed by atoms with van der Waals surface area (Å²) in [7, 11) is -3.91. The van der Waals surface area contributed by atoms with Crippen molar-refractivity contribution < 1.29 is 16.8 Å². The van der Waals surface area contributed by atoms with Crippen LogP contribution in [0.1, 0.15) is 11.4 Å². The molecule has 9 aromatic rings. The van der Waals surface area contributed by atoms with Crippen molar-refractivity contribution in [1.29, 1.82) is 0 Å². The quantitative estimate of drug-likeness (QED) is 0.154. The van der Waals surface area contributed by atoms with Crippen molar-refractivity contribution in [1.82, 2.24) is 18.5 Å². The van der Waals surface area contributed by atoms with Crippen LogP contribution in [0.4, 0.5) is 5.69 Å². The molecule has 0 fully saturated rings. The smallest absolute Gasteiger partial charge is 0.335 e. The first-order valence-electron chi connectivity index (χ1n) is 16.8. The maximum atomic E-state index is 14.2. The number of hydrogen-bond acceptors (Lipinski definition) is 7. The third-order valence-corrected chi connectivity index (χ3v) is 11.0. The lowest BCUT2D eigenvalue weighted by Crippen LogP contribution is -2.25. The highest BCUT2D eigenvalue weighted by atomic mass is 32.2. The summed E-state index contributed by atoms with van der Waals surface area (Å²) in [6, 6.07) is 49.3. The predicted octanol–water partition coefficient (Wildman–Crippen LogP) is 8.46. The van der Waals surface area contributed by atoms with Gasteiger partial charge in [-0.25, -0.2) is 22.4 Å². The Kier molecular flexibility index (Phi) is 9.09. The molecule has 11 heteroatoms. The number of benzene rings is 5. The van der Waals surface area contributed by atoms with Crippen LogP contribution in [0.3, 0.4) is 0 Å². The van der Waals surface area contributed by atoms with Gasteiger partial charge < -0.3 is 9.47 Å². The number of anilines is 1. The van der Waals surface area contributed by atoms with E-state index in [0.29, 0.717) is 24.3 Å². The highest BCUT2D eigenvalue weighted by Crippen LogP contribution is 2.34. The lowest BCUT2D eigenvalue weighted by molar-refractivity contribution is 0.588. The number of pyridine rings is 2. The van der Waals surface area contributed by atoms with Gasteiger partial charge in [0.1, 0.15) is 0 Å². The van der Waals surface area contributed by atoms with Crippen LogP contribution in [0, 0.1) is 0 Å². The number of aromatic nitrogens is 4. The predicted molar refractivity (Wildman–Crippen MR) is 210 cm³/mol. The number of nitrogens with zero attached hydrogens (tertiary/aromatic N) is 5. The van der Waals surface area contributed by atoms with Crippen LogP contribution in [0.25, 0.3) is 49.3 Å². The third kappa shape index (κ3) is 6.26. The van der Waals surface area contributed by atoms with Crippen molar-refractivity contribution in [2.75, 3.05) is 4.90 Å². The molecule has 0 unspecified atom stereocenters. The van der Waals surface area contributed by atoms with E-state index in [2.05, 4.69) is 64.2 Å². The lowest BCUT2D eigenvalue weighted by atomic mass is 10.1. The van der Waals surface area contributed by atoms with E-state index >= 15 is 0 Å². The molecule has 0 N–H and O–H groups in total. The van der Waals surface area contributed by atoms with Gasteiger partial charge in [-0.2, -0.15) is 8.42 Å². The Morgan fingerprint density at radius 3 is 1.60 bits per heavy atom. The van der Waals surface area contributed by atoms with Crippen LogP contribution >= 0.6 is 0 Å². The number of fused-ring (bicyclic) bond motifs is 6. The molecule has 4 aromatic heterocycles. The summed E-state index contributed by atoms with van der Waals surface area (Å²) in [5.41, 5.74) is 6.91. The SMILES string of the molecule is O=S(=O)(c1ccccc1)n1ccc2c3ccccc3nc(CN(Cc3nc4ccccc4c4ccn(-c5ccccc5)c34)c3ccccc3)c21.O=S=O. The Bertz CT molecular complexity index is 2890.